The summed E-state index contributed by atoms with van der Waals surface area (Å²) < 4.78 is 48.1. The Balaban J connectivity index is 1.40. The van der Waals surface area contributed by atoms with E-state index in [1.54, 1.807) is 48.4 Å². The molecule has 150 valence electrons. The first-order chi connectivity index (χ1) is 13.8. The third-order valence-corrected chi connectivity index (χ3v) is 4.23. The van der Waals surface area contributed by atoms with Crippen molar-refractivity contribution in [2.24, 2.45) is 5.16 Å². The monoisotopic (exact) mass is 404 g/mol. The molecule has 7 nitrogen and oxygen atoms in total. The van der Waals surface area contributed by atoms with Crippen LogP contribution in [-0.2, 0) is 10.4 Å². The Bertz CT molecular complexity index is 1000. The van der Waals surface area contributed by atoms with Gasteiger partial charge in [-0.1, -0.05) is 17.3 Å². The van der Waals surface area contributed by atoms with E-state index in [-0.39, 0.29) is 5.75 Å². The summed E-state index contributed by atoms with van der Waals surface area (Å²) >= 11 is 0. The highest BCUT2D eigenvalue weighted by Crippen LogP contribution is 2.36. The van der Waals surface area contributed by atoms with Gasteiger partial charge in [-0.3, -0.25) is 0 Å². The molecule has 10 heteroatoms. The zero-order chi connectivity index (χ0) is 20.5. The average Bonchev–Trinajstić information content (AvgIpc) is 3.33. The number of ether oxygens (including phenoxy) is 2. The largest absolute Gasteiger partial charge is 0.573 e. The van der Waals surface area contributed by atoms with E-state index in [1.807, 2.05) is 0 Å². The Morgan fingerprint density at radius 1 is 1.10 bits per heavy atom. The summed E-state index contributed by atoms with van der Waals surface area (Å²) in [5.41, 5.74) is -0.226. The molecule has 0 unspecified atom stereocenters. The highest BCUT2D eigenvalue weighted by atomic mass is 19.4. The number of benzene rings is 1. The topological polar surface area (TPSA) is 70.8 Å². The first-order valence-electron chi connectivity index (χ1n) is 8.56. The number of rotatable bonds is 4. The van der Waals surface area contributed by atoms with E-state index in [0.717, 1.165) is 0 Å². The molecule has 0 N–H and O–H groups in total. The van der Waals surface area contributed by atoms with Crippen molar-refractivity contribution >= 4 is 5.90 Å². The van der Waals surface area contributed by atoms with Crippen molar-refractivity contribution in [1.82, 2.24) is 14.8 Å². The zero-order valence-electron chi connectivity index (χ0n) is 15.1. The first kappa shape index (κ1) is 18.8. The van der Waals surface area contributed by atoms with E-state index in [0.29, 0.717) is 29.4 Å². The van der Waals surface area contributed by atoms with Gasteiger partial charge < -0.3 is 14.3 Å². The second-order valence-corrected chi connectivity index (χ2v) is 6.46. The minimum atomic E-state index is -4.74. The summed E-state index contributed by atoms with van der Waals surface area (Å²) in [7, 11) is 0. The highest BCUT2D eigenvalue weighted by molar-refractivity contribution is 5.80. The Hall–Kier alpha value is -3.56. The molecule has 0 saturated carbocycles. The van der Waals surface area contributed by atoms with Crippen LogP contribution in [0.15, 0.2) is 66.2 Å². The summed E-state index contributed by atoms with van der Waals surface area (Å²) in [5, 5.41) is 8.05. The Kier molecular flexibility index (Phi) is 4.61. The van der Waals surface area contributed by atoms with Gasteiger partial charge in [0.15, 0.2) is 11.4 Å². The predicted molar refractivity (Wildman–Crippen MR) is 95.6 cm³/mol. The van der Waals surface area contributed by atoms with Crippen LogP contribution in [0.3, 0.4) is 0 Å². The van der Waals surface area contributed by atoms with Crippen molar-refractivity contribution in [2.75, 3.05) is 0 Å². The molecule has 1 aliphatic heterocycles. The second kappa shape index (κ2) is 7.12. The molecule has 0 saturated heterocycles. The smallest absolute Gasteiger partial charge is 0.438 e. The molecule has 0 spiro atoms. The van der Waals surface area contributed by atoms with Gasteiger partial charge in [0.05, 0.1) is 12.6 Å². The number of oxime groups is 1. The normalized spacial score (nSPS) is 18.8. The van der Waals surface area contributed by atoms with Gasteiger partial charge in [-0.15, -0.1) is 13.2 Å². The Morgan fingerprint density at radius 3 is 2.48 bits per heavy atom. The number of pyridine rings is 1. The number of hydrogen-bond donors (Lipinski definition) is 0. The molecule has 0 amide bonds. The second-order valence-electron chi connectivity index (χ2n) is 6.46. The summed E-state index contributed by atoms with van der Waals surface area (Å²) in [5.74, 6) is 1.14. The molecule has 0 bridgehead atoms. The van der Waals surface area contributed by atoms with Crippen LogP contribution < -0.4 is 9.47 Å². The lowest BCUT2D eigenvalue weighted by molar-refractivity contribution is -0.274. The van der Waals surface area contributed by atoms with Crippen LogP contribution in [0.5, 0.6) is 11.5 Å². The molecule has 1 aromatic carbocycles. The van der Waals surface area contributed by atoms with Gasteiger partial charge in [0.1, 0.15) is 11.5 Å². The summed E-state index contributed by atoms with van der Waals surface area (Å²) in [6.45, 7) is 1.77. The quantitative estimate of drug-likeness (QED) is 0.652. The van der Waals surface area contributed by atoms with E-state index in [1.165, 1.54) is 24.3 Å². The van der Waals surface area contributed by atoms with Crippen LogP contribution in [0.1, 0.15) is 18.9 Å². The summed E-state index contributed by atoms with van der Waals surface area (Å²) in [6, 6.07) is 10.7. The van der Waals surface area contributed by atoms with Gasteiger partial charge in [0, 0.05) is 12.4 Å². The zero-order valence-corrected chi connectivity index (χ0v) is 15.1. The Morgan fingerprint density at radius 2 is 1.86 bits per heavy atom. The fraction of sp³-hybridized carbons (Fsp3) is 0.211. The predicted octanol–water partition coefficient (Wildman–Crippen LogP) is 4.19. The SMILES string of the molecule is C[C@@]1(c2ccc(OC(F)(F)F)cc2)CC(Oc2ccc(-n3cccn3)nc2)=NO1. The van der Waals surface area contributed by atoms with Gasteiger partial charge in [0.2, 0.25) is 5.90 Å². The molecule has 3 aromatic rings. The van der Waals surface area contributed by atoms with Crippen LogP contribution in [0.25, 0.3) is 5.82 Å². The van der Waals surface area contributed by atoms with Crippen molar-refractivity contribution in [3.05, 3.63) is 66.6 Å². The molecule has 0 aliphatic carbocycles. The molecule has 1 atom stereocenters. The first-order valence-corrected chi connectivity index (χ1v) is 8.56. The fourth-order valence-electron chi connectivity index (χ4n) is 2.83. The lowest BCUT2D eigenvalue weighted by Crippen LogP contribution is -2.23. The third-order valence-electron chi connectivity index (χ3n) is 4.23. The lowest BCUT2D eigenvalue weighted by Gasteiger charge is -2.21. The fourth-order valence-corrected chi connectivity index (χ4v) is 2.83. The van der Waals surface area contributed by atoms with Crippen molar-refractivity contribution < 1.29 is 27.5 Å². The number of halogens is 3. The average molecular weight is 404 g/mol. The van der Waals surface area contributed by atoms with Crippen LogP contribution in [-0.4, -0.2) is 27.0 Å². The summed E-state index contributed by atoms with van der Waals surface area (Å²) in [6.07, 6.45) is 0.528. The number of aromatic nitrogens is 3. The highest BCUT2D eigenvalue weighted by Gasteiger charge is 2.38. The maximum absolute atomic E-state index is 12.3. The molecule has 4 rings (SSSR count). The minimum absolute atomic E-state index is 0.299. The standard InChI is InChI=1S/C19H15F3N4O3/c1-18(13-3-5-14(6-4-13)28-19(20,21)22)11-17(25-29-18)27-15-7-8-16(23-12-15)26-10-2-9-24-26/h2-10,12H,11H2,1H3/t18-/m0/s1. The van der Waals surface area contributed by atoms with Crippen LogP contribution in [0, 0.1) is 0 Å². The van der Waals surface area contributed by atoms with Crippen LogP contribution in [0.4, 0.5) is 13.2 Å². The minimum Gasteiger partial charge on any atom is -0.438 e. The molecule has 0 fully saturated rings. The van der Waals surface area contributed by atoms with Crippen LogP contribution >= 0.6 is 0 Å². The number of alkyl halides is 3. The van der Waals surface area contributed by atoms with Gasteiger partial charge in [-0.25, -0.2) is 9.67 Å². The maximum atomic E-state index is 12.3. The van der Waals surface area contributed by atoms with E-state index in [9.17, 15) is 13.2 Å². The molecular weight excluding hydrogens is 389 g/mol. The number of hydrogen-bond acceptors (Lipinski definition) is 6. The molecule has 2 aromatic heterocycles. The van der Waals surface area contributed by atoms with E-state index < -0.39 is 12.0 Å². The molecule has 1 aliphatic rings. The van der Waals surface area contributed by atoms with Crippen molar-refractivity contribution in [3.8, 4) is 17.3 Å². The van der Waals surface area contributed by atoms with Crippen molar-refractivity contribution in [1.29, 1.82) is 0 Å². The van der Waals surface area contributed by atoms with E-state index in [4.69, 9.17) is 9.57 Å². The maximum Gasteiger partial charge on any atom is 0.573 e. The van der Waals surface area contributed by atoms with Crippen LogP contribution in [0.2, 0.25) is 0 Å². The number of nitrogens with zero attached hydrogens (tertiary/aromatic N) is 4. The van der Waals surface area contributed by atoms with Gasteiger partial charge >= 0.3 is 6.36 Å². The van der Waals surface area contributed by atoms with Crippen molar-refractivity contribution in [3.63, 3.8) is 0 Å². The van der Waals surface area contributed by atoms with Gasteiger partial charge in [0.25, 0.3) is 0 Å². The lowest BCUT2D eigenvalue weighted by atomic mass is 9.93. The third kappa shape index (κ3) is 4.31. The summed E-state index contributed by atoms with van der Waals surface area (Å²) in [4.78, 5) is 9.77. The van der Waals surface area contributed by atoms with E-state index >= 15 is 0 Å². The van der Waals surface area contributed by atoms with E-state index in [2.05, 4.69) is 20.0 Å². The molecule has 0 radical (unpaired) electrons. The van der Waals surface area contributed by atoms with Crippen molar-refractivity contribution in [2.45, 2.75) is 25.3 Å². The molecule has 3 heterocycles. The molecular formula is C19H15F3N4O3. The molecule has 29 heavy (non-hydrogen) atoms. The van der Waals surface area contributed by atoms with Gasteiger partial charge in [-0.05, 0) is 42.8 Å². The Labute approximate surface area is 163 Å². The van der Waals surface area contributed by atoms with Gasteiger partial charge in [-0.2, -0.15) is 5.10 Å².